The first kappa shape index (κ1) is 15.3. The molecular formula is C16H17ClN2O2S. The first-order chi connectivity index (χ1) is 10.6. The molecule has 1 N–H and O–H groups in total. The van der Waals surface area contributed by atoms with Crippen LogP contribution in [0.25, 0.3) is 0 Å². The summed E-state index contributed by atoms with van der Waals surface area (Å²) in [6.07, 6.45) is 3.19. The molecule has 0 saturated heterocycles. The summed E-state index contributed by atoms with van der Waals surface area (Å²) in [5.74, 6) is 0.930. The number of hydrogen-bond donors (Lipinski definition) is 1. The number of thiazole rings is 1. The quantitative estimate of drug-likeness (QED) is 0.914. The van der Waals surface area contributed by atoms with Crippen LogP contribution in [0, 0.1) is 5.92 Å². The fourth-order valence-electron chi connectivity index (χ4n) is 2.62. The lowest BCUT2D eigenvalue weighted by atomic mass is 9.93. The van der Waals surface area contributed by atoms with E-state index in [1.807, 2.05) is 0 Å². The summed E-state index contributed by atoms with van der Waals surface area (Å²) in [4.78, 5) is 18.3. The molecule has 116 valence electrons. The highest BCUT2D eigenvalue weighted by molar-refractivity contribution is 7.15. The molecule has 1 aliphatic rings. The lowest BCUT2D eigenvalue weighted by Crippen LogP contribution is -2.13. The molecule has 0 unspecified atom stereocenters. The Morgan fingerprint density at radius 3 is 3.09 bits per heavy atom. The number of fused-ring (bicyclic) bond motifs is 1. The average Bonchev–Trinajstić information content (AvgIpc) is 2.88. The van der Waals surface area contributed by atoms with E-state index in [0.29, 0.717) is 27.4 Å². The van der Waals surface area contributed by atoms with E-state index in [2.05, 4.69) is 17.2 Å². The number of hydrogen-bond acceptors (Lipinski definition) is 4. The van der Waals surface area contributed by atoms with Crippen molar-refractivity contribution in [2.24, 2.45) is 5.92 Å². The summed E-state index contributed by atoms with van der Waals surface area (Å²) in [5.41, 5.74) is 1.54. The molecule has 1 aromatic heterocycles. The number of nitrogens with zero attached hydrogens (tertiary/aromatic N) is 1. The van der Waals surface area contributed by atoms with Gasteiger partial charge in [-0.15, -0.1) is 11.3 Å². The van der Waals surface area contributed by atoms with Crippen molar-refractivity contribution in [2.75, 3.05) is 12.4 Å². The Bertz CT molecular complexity index is 714. The van der Waals surface area contributed by atoms with Gasteiger partial charge in [-0.05, 0) is 43.4 Å². The molecule has 22 heavy (non-hydrogen) atoms. The standard InChI is InChI=1S/C16H17ClN2O2S/c1-9-3-5-12-14(7-9)22-16(18-12)19-15(20)11-8-10(17)4-6-13(11)21-2/h4,6,8-9H,3,5,7H2,1-2H3,(H,18,19,20)/t9-/m0/s1. The first-order valence-electron chi connectivity index (χ1n) is 7.20. The maximum Gasteiger partial charge on any atom is 0.261 e. The second-order valence-electron chi connectivity index (χ2n) is 5.54. The van der Waals surface area contributed by atoms with E-state index in [-0.39, 0.29) is 5.91 Å². The van der Waals surface area contributed by atoms with Gasteiger partial charge in [-0.3, -0.25) is 10.1 Å². The number of halogens is 1. The van der Waals surface area contributed by atoms with Gasteiger partial charge in [0.1, 0.15) is 5.75 Å². The first-order valence-corrected chi connectivity index (χ1v) is 8.39. The number of carbonyl (C=O) groups excluding carboxylic acids is 1. The summed E-state index contributed by atoms with van der Waals surface area (Å²) >= 11 is 7.53. The van der Waals surface area contributed by atoms with E-state index in [9.17, 15) is 4.79 Å². The fourth-order valence-corrected chi connectivity index (χ4v) is 3.95. The third-order valence-corrected chi connectivity index (χ3v) is 5.08. The van der Waals surface area contributed by atoms with Gasteiger partial charge in [-0.1, -0.05) is 18.5 Å². The zero-order valence-corrected chi connectivity index (χ0v) is 14.1. The number of rotatable bonds is 3. The number of amides is 1. The maximum atomic E-state index is 12.4. The average molecular weight is 337 g/mol. The van der Waals surface area contributed by atoms with Crippen molar-refractivity contribution in [1.82, 2.24) is 4.98 Å². The van der Waals surface area contributed by atoms with Gasteiger partial charge in [0.2, 0.25) is 0 Å². The molecule has 1 heterocycles. The molecule has 0 fully saturated rings. The molecule has 1 amide bonds. The molecule has 1 atom stereocenters. The Balaban J connectivity index is 1.82. The SMILES string of the molecule is COc1ccc(Cl)cc1C(=O)Nc1nc2c(s1)C[C@@H](C)CC2. The molecule has 0 saturated carbocycles. The topological polar surface area (TPSA) is 51.2 Å². The maximum absolute atomic E-state index is 12.4. The number of aromatic nitrogens is 1. The summed E-state index contributed by atoms with van der Waals surface area (Å²) < 4.78 is 5.22. The van der Waals surface area contributed by atoms with Crippen molar-refractivity contribution in [2.45, 2.75) is 26.2 Å². The van der Waals surface area contributed by atoms with Gasteiger partial charge in [0.15, 0.2) is 5.13 Å². The van der Waals surface area contributed by atoms with Crippen LogP contribution in [0.5, 0.6) is 5.75 Å². The van der Waals surface area contributed by atoms with Gasteiger partial charge in [-0.2, -0.15) is 0 Å². The van der Waals surface area contributed by atoms with Crippen molar-refractivity contribution in [1.29, 1.82) is 0 Å². The minimum atomic E-state index is -0.251. The highest BCUT2D eigenvalue weighted by Crippen LogP contribution is 2.32. The number of carbonyl (C=O) groups is 1. The van der Waals surface area contributed by atoms with Crippen LogP contribution in [0.2, 0.25) is 5.02 Å². The molecule has 0 radical (unpaired) electrons. The Labute approximate surface area is 138 Å². The third kappa shape index (κ3) is 3.10. The highest BCUT2D eigenvalue weighted by atomic mass is 35.5. The Kier molecular flexibility index (Phi) is 4.36. The normalized spacial score (nSPS) is 17.0. The lowest BCUT2D eigenvalue weighted by molar-refractivity contribution is 0.102. The largest absolute Gasteiger partial charge is 0.496 e. The molecule has 0 spiro atoms. The number of ether oxygens (including phenoxy) is 1. The second kappa shape index (κ2) is 6.26. The van der Waals surface area contributed by atoms with Crippen molar-refractivity contribution < 1.29 is 9.53 Å². The number of methoxy groups -OCH3 is 1. The second-order valence-corrected chi connectivity index (χ2v) is 7.06. The Morgan fingerprint density at radius 1 is 1.50 bits per heavy atom. The highest BCUT2D eigenvalue weighted by Gasteiger charge is 2.21. The van der Waals surface area contributed by atoms with Gasteiger partial charge >= 0.3 is 0 Å². The summed E-state index contributed by atoms with van der Waals surface area (Å²) in [7, 11) is 1.53. The van der Waals surface area contributed by atoms with Gasteiger partial charge in [0.25, 0.3) is 5.91 Å². The van der Waals surface area contributed by atoms with Crippen molar-refractivity contribution >= 4 is 34.0 Å². The molecule has 3 rings (SSSR count). The number of benzene rings is 1. The predicted octanol–water partition coefficient (Wildman–Crippen LogP) is 4.18. The minimum Gasteiger partial charge on any atom is -0.496 e. The molecule has 0 aliphatic heterocycles. The van der Waals surface area contributed by atoms with Crippen LogP contribution in [0.15, 0.2) is 18.2 Å². The molecule has 2 aromatic rings. The van der Waals surface area contributed by atoms with Crippen molar-refractivity contribution in [3.05, 3.63) is 39.4 Å². The minimum absolute atomic E-state index is 0.251. The van der Waals surface area contributed by atoms with E-state index in [1.54, 1.807) is 29.5 Å². The van der Waals surface area contributed by atoms with Gasteiger partial charge in [-0.25, -0.2) is 4.98 Å². The van der Waals surface area contributed by atoms with E-state index in [0.717, 1.165) is 25.0 Å². The van der Waals surface area contributed by atoms with Crippen LogP contribution in [0.4, 0.5) is 5.13 Å². The van der Waals surface area contributed by atoms with Crippen LogP contribution in [-0.4, -0.2) is 18.0 Å². The van der Waals surface area contributed by atoms with E-state index < -0.39 is 0 Å². The summed E-state index contributed by atoms with van der Waals surface area (Å²) in [6, 6.07) is 4.98. The van der Waals surface area contributed by atoms with Gasteiger partial charge in [0.05, 0.1) is 18.4 Å². The smallest absolute Gasteiger partial charge is 0.261 e. The van der Waals surface area contributed by atoms with Crippen LogP contribution in [-0.2, 0) is 12.8 Å². The van der Waals surface area contributed by atoms with Gasteiger partial charge in [0, 0.05) is 9.90 Å². The van der Waals surface area contributed by atoms with Crippen LogP contribution in [0.1, 0.15) is 34.3 Å². The third-order valence-electron chi connectivity index (χ3n) is 3.81. The van der Waals surface area contributed by atoms with Crippen LogP contribution < -0.4 is 10.1 Å². The fraction of sp³-hybridized carbons (Fsp3) is 0.375. The van der Waals surface area contributed by atoms with Gasteiger partial charge < -0.3 is 4.74 Å². The molecular weight excluding hydrogens is 320 g/mol. The summed E-state index contributed by atoms with van der Waals surface area (Å²) in [6.45, 7) is 2.25. The van der Waals surface area contributed by atoms with Crippen molar-refractivity contribution in [3.8, 4) is 5.75 Å². The predicted molar refractivity (Wildman–Crippen MR) is 89.3 cm³/mol. The zero-order chi connectivity index (χ0) is 15.7. The Morgan fingerprint density at radius 2 is 2.32 bits per heavy atom. The summed E-state index contributed by atoms with van der Waals surface area (Å²) in [5, 5.41) is 4.00. The monoisotopic (exact) mass is 336 g/mol. The molecule has 4 nitrogen and oxygen atoms in total. The number of nitrogens with one attached hydrogen (secondary N) is 1. The van der Waals surface area contributed by atoms with E-state index in [4.69, 9.17) is 16.3 Å². The van der Waals surface area contributed by atoms with E-state index >= 15 is 0 Å². The van der Waals surface area contributed by atoms with Crippen LogP contribution in [0.3, 0.4) is 0 Å². The molecule has 1 aliphatic carbocycles. The number of aryl methyl sites for hydroxylation is 1. The lowest BCUT2D eigenvalue weighted by Gasteiger charge is -2.15. The molecule has 0 bridgehead atoms. The van der Waals surface area contributed by atoms with Crippen molar-refractivity contribution in [3.63, 3.8) is 0 Å². The molecule has 6 heteroatoms. The molecule has 1 aromatic carbocycles. The Hall–Kier alpha value is -1.59. The zero-order valence-electron chi connectivity index (χ0n) is 12.5. The number of anilines is 1. The van der Waals surface area contributed by atoms with E-state index in [1.165, 1.54) is 12.0 Å². The van der Waals surface area contributed by atoms with Crippen LogP contribution >= 0.6 is 22.9 Å².